The number of likely N-dealkylation sites (tertiary alicyclic amines) is 1. The number of nitrogens with zero attached hydrogens (tertiary/aromatic N) is 4. The second-order valence-corrected chi connectivity index (χ2v) is 9.19. The number of rotatable bonds is 11. The normalized spacial score (nSPS) is 17.3. The van der Waals surface area contributed by atoms with E-state index in [1.54, 1.807) is 18.2 Å². The summed E-state index contributed by atoms with van der Waals surface area (Å²) in [5.74, 6) is 0.188. The van der Waals surface area contributed by atoms with E-state index in [-0.39, 0.29) is 24.1 Å². The molecule has 3 N–H and O–H groups in total. The zero-order valence-corrected chi connectivity index (χ0v) is 20.8. The van der Waals surface area contributed by atoms with E-state index in [9.17, 15) is 19.9 Å². The smallest absolute Gasteiger partial charge is 0.369 e. The lowest BCUT2D eigenvalue weighted by molar-refractivity contribution is -0.682. The number of fused-ring (bicyclic) bond motifs is 1. The highest BCUT2D eigenvalue weighted by Gasteiger charge is 2.42. The van der Waals surface area contributed by atoms with E-state index in [1.165, 1.54) is 4.90 Å². The number of amides is 1. The van der Waals surface area contributed by atoms with Crippen molar-refractivity contribution in [3.05, 3.63) is 69.8 Å². The second kappa shape index (κ2) is 11.8. The first kappa shape index (κ1) is 26.0. The Morgan fingerprint density at radius 3 is 2.86 bits per heavy atom. The molecule has 11 heteroatoms. The topological polar surface area (TPSA) is 120 Å². The number of aliphatic hydroxyl groups excluding tert-OH is 2. The Morgan fingerprint density at radius 2 is 2.06 bits per heavy atom. The van der Waals surface area contributed by atoms with Crippen LogP contribution in [0.1, 0.15) is 30.3 Å². The van der Waals surface area contributed by atoms with Crippen LogP contribution in [0.2, 0.25) is 5.02 Å². The van der Waals surface area contributed by atoms with Gasteiger partial charge in [-0.1, -0.05) is 35.9 Å². The fourth-order valence-corrected chi connectivity index (χ4v) is 4.77. The summed E-state index contributed by atoms with van der Waals surface area (Å²) in [5.41, 5.74) is 5.23. The molecule has 1 fully saturated rings. The molecule has 3 atom stereocenters. The average Bonchev–Trinajstić information content (AvgIpc) is 3.49. The van der Waals surface area contributed by atoms with Gasteiger partial charge in [0.2, 0.25) is 6.10 Å². The minimum absolute atomic E-state index is 0.0872. The molecule has 0 radical (unpaired) electrons. The third-order valence-corrected chi connectivity index (χ3v) is 6.60. The van der Waals surface area contributed by atoms with Crippen LogP contribution < -0.4 is 5.43 Å². The van der Waals surface area contributed by atoms with Crippen molar-refractivity contribution < 1.29 is 24.6 Å². The zero-order chi connectivity index (χ0) is 25.7. The Balaban J connectivity index is 1.21. The van der Waals surface area contributed by atoms with E-state index >= 15 is 0 Å². The summed E-state index contributed by atoms with van der Waals surface area (Å²) in [6.07, 6.45) is -2.40. The maximum atomic E-state index is 12.9. The number of carbonyl (C=O) groups excluding carboxylic acids is 1. The number of para-hydroxylation sites is 2. The van der Waals surface area contributed by atoms with Crippen LogP contribution in [0.4, 0.5) is 0 Å². The molecule has 0 aliphatic carbocycles. The standard InChI is InChI=1S/C25H31ClN5O5/c1-17-28-20-8-2-3-9-22(20)29(17)13-15-36-14-11-27-31(35)25(34)23(32)24(33)30-12-5-10-21(30)18-6-4-7-19(26)16-18/h2-4,6-9,16,21,23,25,32,34H,5,10-15H2,1H3,(H,27,35)/q+1/t21-,23+,25-/m1/s1. The molecule has 1 saturated heterocycles. The lowest BCUT2D eigenvalue weighted by Gasteiger charge is -2.27. The highest BCUT2D eigenvalue weighted by atomic mass is 35.5. The molecule has 0 saturated carbocycles. The third-order valence-electron chi connectivity index (χ3n) is 6.36. The number of hydrogen-bond donors (Lipinski definition) is 3. The molecule has 192 valence electrons. The lowest BCUT2D eigenvalue weighted by atomic mass is 10.0. The summed E-state index contributed by atoms with van der Waals surface area (Å²) in [7, 11) is 0. The summed E-state index contributed by atoms with van der Waals surface area (Å²) >= 11 is 6.08. The van der Waals surface area contributed by atoms with Crippen LogP contribution in [0.5, 0.6) is 0 Å². The number of carbonyl (C=O) groups is 1. The van der Waals surface area contributed by atoms with E-state index in [0.29, 0.717) is 31.1 Å². The number of aromatic nitrogens is 2. The van der Waals surface area contributed by atoms with Gasteiger partial charge in [0, 0.05) is 18.1 Å². The van der Waals surface area contributed by atoms with Crippen LogP contribution in [-0.2, 0) is 16.1 Å². The summed E-state index contributed by atoms with van der Waals surface area (Å²) in [4.78, 5) is 31.2. The highest BCUT2D eigenvalue weighted by molar-refractivity contribution is 6.30. The fraction of sp³-hybridized carbons (Fsp3) is 0.440. The van der Waals surface area contributed by atoms with Gasteiger partial charge < -0.3 is 24.4 Å². The Labute approximate surface area is 214 Å². The molecule has 10 nitrogen and oxygen atoms in total. The average molecular weight is 517 g/mol. The number of imidazole rings is 1. The number of hydrogen-bond acceptors (Lipinski definition) is 6. The predicted molar refractivity (Wildman–Crippen MR) is 134 cm³/mol. The molecule has 2 aromatic carbocycles. The van der Waals surface area contributed by atoms with Crippen molar-refractivity contribution in [2.75, 3.05) is 26.3 Å². The molecule has 0 spiro atoms. The molecule has 0 unspecified atom stereocenters. The number of ether oxygens (including phenoxy) is 1. The van der Waals surface area contributed by atoms with Gasteiger partial charge in [0.25, 0.3) is 5.91 Å². The zero-order valence-electron chi connectivity index (χ0n) is 20.1. The van der Waals surface area contributed by atoms with Gasteiger partial charge in [-0.2, -0.15) is 0 Å². The van der Waals surface area contributed by atoms with Crippen molar-refractivity contribution in [3.8, 4) is 0 Å². The lowest BCUT2D eigenvalue weighted by Crippen LogP contribution is -2.51. The molecule has 1 aliphatic rings. The minimum Gasteiger partial charge on any atom is -0.378 e. The number of hydrazine groups is 1. The fourth-order valence-electron chi connectivity index (χ4n) is 4.57. The number of aryl methyl sites for hydroxylation is 1. The van der Waals surface area contributed by atoms with Gasteiger partial charge in [0.15, 0.2) is 4.87 Å². The summed E-state index contributed by atoms with van der Waals surface area (Å²) < 4.78 is 7.66. The van der Waals surface area contributed by atoms with Crippen molar-refractivity contribution in [3.63, 3.8) is 0 Å². The number of halogens is 1. The molecule has 1 amide bonds. The van der Waals surface area contributed by atoms with Gasteiger partial charge >= 0.3 is 6.23 Å². The van der Waals surface area contributed by atoms with Gasteiger partial charge in [-0.15, -0.1) is 5.43 Å². The van der Waals surface area contributed by atoms with Gasteiger partial charge in [-0.25, -0.2) is 4.98 Å². The van der Waals surface area contributed by atoms with E-state index in [2.05, 4.69) is 15.0 Å². The van der Waals surface area contributed by atoms with Gasteiger partial charge in [0.05, 0.1) is 41.7 Å². The van der Waals surface area contributed by atoms with Crippen LogP contribution in [0.15, 0.2) is 48.5 Å². The highest BCUT2D eigenvalue weighted by Crippen LogP contribution is 2.33. The van der Waals surface area contributed by atoms with E-state index in [1.807, 2.05) is 37.3 Å². The second-order valence-electron chi connectivity index (χ2n) is 8.75. The van der Waals surface area contributed by atoms with Gasteiger partial charge in [-0.05, 0) is 49.6 Å². The largest absolute Gasteiger partial charge is 0.378 e. The van der Waals surface area contributed by atoms with Gasteiger partial charge in [0.1, 0.15) is 5.82 Å². The number of benzene rings is 2. The molecule has 0 bridgehead atoms. The quantitative estimate of drug-likeness (QED) is 0.155. The molecular weight excluding hydrogens is 486 g/mol. The number of aliphatic hydroxyl groups is 2. The van der Waals surface area contributed by atoms with Crippen molar-refractivity contribution in [1.29, 1.82) is 0 Å². The number of nitroso groups, excluding NO2 is 1. The summed E-state index contributed by atoms with van der Waals surface area (Å²) in [6, 6.07) is 14.8. The Morgan fingerprint density at radius 1 is 1.25 bits per heavy atom. The van der Waals surface area contributed by atoms with Crippen molar-refractivity contribution >= 4 is 28.5 Å². The third kappa shape index (κ3) is 5.84. The van der Waals surface area contributed by atoms with Crippen LogP contribution in [0.25, 0.3) is 11.0 Å². The predicted octanol–water partition coefficient (Wildman–Crippen LogP) is 2.34. The molecule has 2 heterocycles. The first-order chi connectivity index (χ1) is 17.4. The monoisotopic (exact) mass is 516 g/mol. The van der Waals surface area contributed by atoms with Crippen molar-refractivity contribution in [1.82, 2.24) is 19.9 Å². The Bertz CT molecular complexity index is 1220. The van der Waals surface area contributed by atoms with E-state index in [4.69, 9.17) is 16.3 Å². The van der Waals surface area contributed by atoms with Gasteiger partial charge in [-0.3, -0.25) is 4.79 Å². The molecule has 1 aliphatic heterocycles. The van der Waals surface area contributed by atoms with Crippen LogP contribution in [0, 0.1) is 11.8 Å². The van der Waals surface area contributed by atoms with E-state index < -0.39 is 18.2 Å². The van der Waals surface area contributed by atoms with Crippen LogP contribution >= 0.6 is 11.6 Å². The first-order valence-electron chi connectivity index (χ1n) is 12.0. The maximum absolute atomic E-state index is 12.9. The maximum Gasteiger partial charge on any atom is 0.369 e. The molecule has 36 heavy (non-hydrogen) atoms. The first-order valence-corrected chi connectivity index (χ1v) is 12.4. The molecule has 1 aromatic heterocycles. The Kier molecular flexibility index (Phi) is 8.52. The molecule has 4 rings (SSSR count). The number of nitrogens with one attached hydrogen (secondary N) is 1. The summed E-state index contributed by atoms with van der Waals surface area (Å²) in [6.45, 7) is 3.66. The van der Waals surface area contributed by atoms with Crippen LogP contribution in [0.3, 0.4) is 0 Å². The Hall–Kier alpha value is -3.05. The SMILES string of the molecule is Cc1nc2ccccc2n1CCOCCN[N+](=O)[C@H](O)[C@@H](O)C(=O)N1CCC[C@@H]1c1cccc(Cl)c1. The minimum atomic E-state index is -1.96. The van der Waals surface area contributed by atoms with Crippen LogP contribution in [-0.4, -0.2) is 74.1 Å². The van der Waals surface area contributed by atoms with Crippen molar-refractivity contribution in [2.24, 2.45) is 0 Å². The van der Waals surface area contributed by atoms with E-state index in [0.717, 1.165) is 28.8 Å². The summed E-state index contributed by atoms with van der Waals surface area (Å²) in [5, 5.41) is 21.2. The molecule has 3 aromatic rings. The molecular formula is C25H31ClN5O5+. The van der Waals surface area contributed by atoms with Crippen molar-refractivity contribution in [2.45, 2.75) is 44.7 Å².